The first-order chi connectivity index (χ1) is 16.2. The zero-order valence-electron chi connectivity index (χ0n) is 18.6. The number of aromatic nitrogens is 3. The van der Waals surface area contributed by atoms with E-state index in [1.807, 2.05) is 60.5 Å². The van der Waals surface area contributed by atoms with Gasteiger partial charge in [-0.05, 0) is 49.2 Å². The van der Waals surface area contributed by atoms with Crippen molar-refractivity contribution in [2.24, 2.45) is 0 Å². The number of H-pyrrole nitrogens is 1. The summed E-state index contributed by atoms with van der Waals surface area (Å²) in [6, 6.07) is 17.9. The number of morpholine rings is 1. The maximum Gasteiger partial charge on any atom is 0.223 e. The van der Waals surface area contributed by atoms with Crippen LogP contribution in [0.3, 0.4) is 0 Å². The molecule has 1 aromatic carbocycles. The van der Waals surface area contributed by atoms with E-state index in [1.54, 1.807) is 6.20 Å². The molecule has 1 aliphatic rings. The summed E-state index contributed by atoms with van der Waals surface area (Å²) >= 11 is 0. The van der Waals surface area contributed by atoms with Crippen LogP contribution in [-0.2, 0) is 16.0 Å². The molecule has 0 unspecified atom stereocenters. The van der Waals surface area contributed by atoms with Crippen LogP contribution in [0.25, 0.3) is 10.9 Å². The van der Waals surface area contributed by atoms with E-state index >= 15 is 0 Å². The van der Waals surface area contributed by atoms with Gasteiger partial charge in [0.1, 0.15) is 11.9 Å². The van der Waals surface area contributed by atoms with Gasteiger partial charge in [0.05, 0.1) is 18.8 Å². The average molecular weight is 442 g/mol. The SMILES string of the molecule is Cc1cc(Nc2ccccn2)cc([C@@H]2CN(C(=O)CCc3c[nH]c4ccccc34)CCO2)n1. The van der Waals surface area contributed by atoms with Gasteiger partial charge in [0.15, 0.2) is 0 Å². The summed E-state index contributed by atoms with van der Waals surface area (Å²) in [6.07, 6.45) is 4.70. The molecule has 4 heterocycles. The van der Waals surface area contributed by atoms with E-state index in [-0.39, 0.29) is 12.0 Å². The number of amides is 1. The Morgan fingerprint density at radius 2 is 2.09 bits per heavy atom. The number of carbonyl (C=O) groups is 1. The minimum atomic E-state index is -0.250. The Kier molecular flexibility index (Phi) is 6.04. The molecule has 0 radical (unpaired) electrons. The Hall–Kier alpha value is -3.71. The lowest BCUT2D eigenvalue weighted by Gasteiger charge is -2.33. The standard InChI is InChI=1S/C26H27N5O2/c1-18-14-20(30-25-8-4-5-11-27-25)15-23(29-18)24-17-31(12-13-33-24)26(32)10-9-19-16-28-22-7-3-2-6-21(19)22/h2-8,11,14-16,24,28H,9-10,12-13,17H2,1H3,(H,27,29,30)/t24-/m0/s1. The molecule has 5 rings (SSSR count). The van der Waals surface area contributed by atoms with Gasteiger partial charge in [-0.15, -0.1) is 0 Å². The molecule has 2 N–H and O–H groups in total. The van der Waals surface area contributed by atoms with Gasteiger partial charge in [-0.1, -0.05) is 24.3 Å². The number of rotatable bonds is 6. The largest absolute Gasteiger partial charge is 0.368 e. The third-order valence-electron chi connectivity index (χ3n) is 5.94. The van der Waals surface area contributed by atoms with E-state index in [1.165, 1.54) is 10.9 Å². The first-order valence-corrected chi connectivity index (χ1v) is 11.3. The van der Waals surface area contributed by atoms with Crippen LogP contribution in [0.4, 0.5) is 11.5 Å². The number of benzene rings is 1. The Balaban J connectivity index is 1.25. The molecule has 0 spiro atoms. The van der Waals surface area contributed by atoms with Crippen molar-refractivity contribution in [1.29, 1.82) is 0 Å². The maximum atomic E-state index is 13.0. The molecule has 1 saturated heterocycles. The number of nitrogens with zero attached hydrogens (tertiary/aromatic N) is 3. The quantitative estimate of drug-likeness (QED) is 0.459. The summed E-state index contributed by atoms with van der Waals surface area (Å²) in [6.45, 7) is 3.57. The maximum absolute atomic E-state index is 13.0. The summed E-state index contributed by atoms with van der Waals surface area (Å²) in [5, 5.41) is 4.50. The molecule has 0 bridgehead atoms. The molecule has 4 aromatic rings. The van der Waals surface area contributed by atoms with Gasteiger partial charge in [-0.2, -0.15) is 0 Å². The number of aryl methyl sites for hydroxylation is 2. The van der Waals surface area contributed by atoms with E-state index < -0.39 is 0 Å². The van der Waals surface area contributed by atoms with E-state index in [4.69, 9.17) is 4.74 Å². The summed E-state index contributed by atoms with van der Waals surface area (Å²) in [4.78, 5) is 27.2. The second-order valence-corrected chi connectivity index (χ2v) is 8.32. The van der Waals surface area contributed by atoms with Crippen LogP contribution in [0.2, 0.25) is 0 Å². The fraction of sp³-hybridized carbons (Fsp3) is 0.269. The minimum absolute atomic E-state index is 0.146. The van der Waals surface area contributed by atoms with Gasteiger partial charge in [0.25, 0.3) is 0 Å². The lowest BCUT2D eigenvalue weighted by atomic mass is 10.1. The van der Waals surface area contributed by atoms with Gasteiger partial charge in [-0.25, -0.2) is 4.98 Å². The van der Waals surface area contributed by atoms with Crippen molar-refractivity contribution in [1.82, 2.24) is 19.9 Å². The molecular formula is C26H27N5O2. The molecule has 7 nitrogen and oxygen atoms in total. The molecule has 33 heavy (non-hydrogen) atoms. The molecule has 7 heteroatoms. The Labute approximate surface area is 192 Å². The summed E-state index contributed by atoms with van der Waals surface area (Å²) in [7, 11) is 0. The number of hydrogen-bond acceptors (Lipinski definition) is 5. The van der Waals surface area contributed by atoms with Crippen molar-refractivity contribution in [2.75, 3.05) is 25.0 Å². The number of anilines is 2. The highest BCUT2D eigenvalue weighted by Crippen LogP contribution is 2.26. The predicted molar refractivity (Wildman–Crippen MR) is 128 cm³/mol. The highest BCUT2D eigenvalue weighted by atomic mass is 16.5. The number of para-hydroxylation sites is 1. The van der Waals surface area contributed by atoms with Gasteiger partial charge < -0.3 is 19.9 Å². The number of nitrogens with one attached hydrogen (secondary N) is 2. The average Bonchev–Trinajstić information content (AvgIpc) is 3.26. The molecule has 1 amide bonds. The minimum Gasteiger partial charge on any atom is -0.368 e. The monoisotopic (exact) mass is 441 g/mol. The zero-order chi connectivity index (χ0) is 22.6. The summed E-state index contributed by atoms with van der Waals surface area (Å²) in [5.41, 5.74) is 4.89. The highest BCUT2D eigenvalue weighted by molar-refractivity contribution is 5.84. The lowest BCUT2D eigenvalue weighted by Crippen LogP contribution is -2.42. The van der Waals surface area contributed by atoms with Crippen LogP contribution in [-0.4, -0.2) is 45.5 Å². The fourth-order valence-electron chi connectivity index (χ4n) is 4.31. The first kappa shape index (κ1) is 21.2. The normalized spacial score (nSPS) is 16.2. The zero-order valence-corrected chi connectivity index (χ0v) is 18.6. The highest BCUT2D eigenvalue weighted by Gasteiger charge is 2.26. The molecule has 1 atom stereocenters. The van der Waals surface area contributed by atoms with Crippen molar-refractivity contribution in [3.05, 3.63) is 83.9 Å². The molecule has 1 aliphatic heterocycles. The first-order valence-electron chi connectivity index (χ1n) is 11.3. The Bertz CT molecular complexity index is 1250. The van der Waals surface area contributed by atoms with Crippen molar-refractivity contribution < 1.29 is 9.53 Å². The fourth-order valence-corrected chi connectivity index (χ4v) is 4.31. The molecule has 1 fully saturated rings. The molecule has 168 valence electrons. The third kappa shape index (κ3) is 4.88. The Morgan fingerprint density at radius 3 is 2.97 bits per heavy atom. The van der Waals surface area contributed by atoms with Crippen LogP contribution < -0.4 is 5.32 Å². The number of hydrogen-bond donors (Lipinski definition) is 2. The van der Waals surface area contributed by atoms with Crippen molar-refractivity contribution in [2.45, 2.75) is 25.9 Å². The van der Waals surface area contributed by atoms with E-state index in [9.17, 15) is 4.79 Å². The van der Waals surface area contributed by atoms with Gasteiger partial charge in [0, 0.05) is 47.6 Å². The van der Waals surface area contributed by atoms with E-state index in [0.29, 0.717) is 32.5 Å². The number of carbonyl (C=O) groups excluding carboxylic acids is 1. The predicted octanol–water partition coefficient (Wildman–Crippen LogP) is 4.54. The van der Waals surface area contributed by atoms with Crippen molar-refractivity contribution in [3.63, 3.8) is 0 Å². The van der Waals surface area contributed by atoms with Gasteiger partial charge in [-0.3, -0.25) is 9.78 Å². The second kappa shape index (κ2) is 9.42. The van der Waals surface area contributed by atoms with Crippen LogP contribution in [0.1, 0.15) is 29.5 Å². The number of pyridine rings is 2. The van der Waals surface area contributed by atoms with Crippen LogP contribution in [0, 0.1) is 6.92 Å². The summed E-state index contributed by atoms with van der Waals surface area (Å²) < 4.78 is 6.01. The lowest BCUT2D eigenvalue weighted by molar-refractivity contribution is -0.139. The number of ether oxygens (including phenoxy) is 1. The van der Waals surface area contributed by atoms with Crippen LogP contribution in [0.5, 0.6) is 0 Å². The third-order valence-corrected chi connectivity index (χ3v) is 5.94. The number of aromatic amines is 1. The Morgan fingerprint density at radius 1 is 1.21 bits per heavy atom. The van der Waals surface area contributed by atoms with Crippen LogP contribution in [0.15, 0.2) is 67.0 Å². The van der Waals surface area contributed by atoms with Crippen molar-refractivity contribution in [3.8, 4) is 0 Å². The van der Waals surface area contributed by atoms with Gasteiger partial charge >= 0.3 is 0 Å². The molecule has 0 saturated carbocycles. The van der Waals surface area contributed by atoms with Crippen molar-refractivity contribution >= 4 is 28.3 Å². The second-order valence-electron chi connectivity index (χ2n) is 8.32. The van der Waals surface area contributed by atoms with E-state index in [0.717, 1.165) is 28.4 Å². The van der Waals surface area contributed by atoms with Gasteiger partial charge in [0.2, 0.25) is 5.91 Å². The molecular weight excluding hydrogens is 414 g/mol. The smallest absolute Gasteiger partial charge is 0.223 e. The summed E-state index contributed by atoms with van der Waals surface area (Å²) in [5.74, 6) is 0.917. The molecule has 3 aromatic heterocycles. The number of fused-ring (bicyclic) bond motifs is 1. The van der Waals surface area contributed by atoms with E-state index in [2.05, 4.69) is 32.4 Å². The van der Waals surface area contributed by atoms with Crippen LogP contribution >= 0.6 is 0 Å². The topological polar surface area (TPSA) is 83.1 Å². The molecule has 0 aliphatic carbocycles.